The molecule has 8 nitrogen and oxygen atoms in total. The Balaban J connectivity index is 1.63. The number of anilines is 1. The molecule has 0 radical (unpaired) electrons. The molecule has 3 rings (SSSR count). The molecule has 154 valence electrons. The van der Waals surface area contributed by atoms with Crippen LogP contribution in [0.25, 0.3) is 0 Å². The molecule has 1 aliphatic rings. The SMILES string of the molecule is CC(C)NC(=O)[C@H]1CCCN(C(=O)c2nnc(C(=O)Nc3ccc(Cl)cc3)s2)C1. The van der Waals surface area contributed by atoms with Gasteiger partial charge in [-0.05, 0) is 51.0 Å². The minimum absolute atomic E-state index is 0.0437. The van der Waals surface area contributed by atoms with E-state index in [4.69, 9.17) is 11.6 Å². The first-order valence-corrected chi connectivity index (χ1v) is 10.5. The molecule has 0 spiro atoms. The number of piperidine rings is 1. The van der Waals surface area contributed by atoms with Gasteiger partial charge in [0.15, 0.2) is 0 Å². The van der Waals surface area contributed by atoms with Crippen LogP contribution in [0.15, 0.2) is 24.3 Å². The standard InChI is InChI=1S/C19H22ClN5O3S/c1-11(2)21-15(26)12-4-3-9-25(10-12)19(28)18-24-23-17(29-18)16(27)22-14-7-5-13(20)6-8-14/h5-8,11-12H,3-4,9-10H2,1-2H3,(H,21,26)(H,22,27)/t12-/m0/s1. The number of amides is 3. The van der Waals surface area contributed by atoms with Crippen LogP contribution in [0.3, 0.4) is 0 Å². The normalized spacial score (nSPS) is 16.6. The largest absolute Gasteiger partial charge is 0.354 e. The minimum atomic E-state index is -0.447. The zero-order chi connectivity index (χ0) is 21.0. The lowest BCUT2D eigenvalue weighted by Crippen LogP contribution is -2.46. The monoisotopic (exact) mass is 435 g/mol. The second-order valence-electron chi connectivity index (χ2n) is 7.13. The minimum Gasteiger partial charge on any atom is -0.354 e. The first-order valence-electron chi connectivity index (χ1n) is 9.33. The van der Waals surface area contributed by atoms with Gasteiger partial charge in [-0.1, -0.05) is 22.9 Å². The molecule has 10 heteroatoms. The van der Waals surface area contributed by atoms with E-state index in [9.17, 15) is 14.4 Å². The Labute approximate surface area is 177 Å². The second kappa shape index (κ2) is 9.32. The molecule has 29 heavy (non-hydrogen) atoms. The molecule has 3 amide bonds. The summed E-state index contributed by atoms with van der Waals surface area (Å²) >= 11 is 6.76. The smallest absolute Gasteiger partial charge is 0.286 e. The lowest BCUT2D eigenvalue weighted by atomic mass is 9.97. The summed E-state index contributed by atoms with van der Waals surface area (Å²) in [6.07, 6.45) is 1.48. The van der Waals surface area contributed by atoms with Gasteiger partial charge in [0.25, 0.3) is 11.8 Å². The Morgan fingerprint density at radius 2 is 1.86 bits per heavy atom. The van der Waals surface area contributed by atoms with Crippen molar-refractivity contribution < 1.29 is 14.4 Å². The molecule has 1 aromatic carbocycles. The van der Waals surface area contributed by atoms with Crippen molar-refractivity contribution in [1.82, 2.24) is 20.4 Å². The highest BCUT2D eigenvalue weighted by Crippen LogP contribution is 2.21. The summed E-state index contributed by atoms with van der Waals surface area (Å²) in [5.74, 6) is -1.04. The Morgan fingerprint density at radius 1 is 1.17 bits per heavy atom. The highest BCUT2D eigenvalue weighted by Gasteiger charge is 2.31. The molecular formula is C19H22ClN5O3S. The van der Waals surface area contributed by atoms with Crippen molar-refractivity contribution >= 4 is 46.3 Å². The van der Waals surface area contributed by atoms with Crippen LogP contribution in [-0.4, -0.2) is 52.0 Å². The number of hydrogen-bond acceptors (Lipinski definition) is 6. The van der Waals surface area contributed by atoms with Gasteiger partial charge in [-0.25, -0.2) is 0 Å². The van der Waals surface area contributed by atoms with Crippen molar-refractivity contribution in [3.63, 3.8) is 0 Å². The van der Waals surface area contributed by atoms with Gasteiger partial charge in [0.2, 0.25) is 15.9 Å². The number of carbonyl (C=O) groups excluding carboxylic acids is 3. The summed E-state index contributed by atoms with van der Waals surface area (Å²) in [6, 6.07) is 6.72. The van der Waals surface area contributed by atoms with Crippen LogP contribution in [-0.2, 0) is 4.79 Å². The maximum absolute atomic E-state index is 12.8. The van der Waals surface area contributed by atoms with Gasteiger partial charge >= 0.3 is 0 Å². The van der Waals surface area contributed by atoms with E-state index in [-0.39, 0.29) is 33.8 Å². The molecule has 1 saturated heterocycles. The number of hydrogen-bond donors (Lipinski definition) is 2. The number of carbonyl (C=O) groups is 3. The van der Waals surface area contributed by atoms with Gasteiger partial charge in [-0.15, -0.1) is 10.2 Å². The van der Waals surface area contributed by atoms with Crippen LogP contribution in [0.2, 0.25) is 5.02 Å². The van der Waals surface area contributed by atoms with Gasteiger partial charge in [0.1, 0.15) is 0 Å². The Kier molecular flexibility index (Phi) is 6.81. The highest BCUT2D eigenvalue weighted by molar-refractivity contribution is 7.15. The van der Waals surface area contributed by atoms with Crippen molar-refractivity contribution in [3.8, 4) is 0 Å². The Hall–Kier alpha value is -2.52. The quantitative estimate of drug-likeness (QED) is 0.751. The molecule has 1 fully saturated rings. The van der Waals surface area contributed by atoms with Crippen LogP contribution in [0.1, 0.15) is 46.3 Å². The summed E-state index contributed by atoms with van der Waals surface area (Å²) in [4.78, 5) is 39.0. The van der Waals surface area contributed by atoms with Gasteiger partial charge in [-0.2, -0.15) is 0 Å². The average Bonchev–Trinajstić information content (AvgIpc) is 3.19. The molecule has 1 atom stereocenters. The maximum atomic E-state index is 12.8. The zero-order valence-corrected chi connectivity index (χ0v) is 17.7. The van der Waals surface area contributed by atoms with E-state index < -0.39 is 5.91 Å². The van der Waals surface area contributed by atoms with Crippen LogP contribution in [0.5, 0.6) is 0 Å². The van der Waals surface area contributed by atoms with Crippen molar-refractivity contribution in [2.75, 3.05) is 18.4 Å². The van der Waals surface area contributed by atoms with E-state index in [1.165, 1.54) is 0 Å². The van der Waals surface area contributed by atoms with Gasteiger partial charge in [0, 0.05) is 29.8 Å². The molecule has 2 N–H and O–H groups in total. The van der Waals surface area contributed by atoms with E-state index >= 15 is 0 Å². The van der Waals surface area contributed by atoms with Crippen LogP contribution < -0.4 is 10.6 Å². The van der Waals surface area contributed by atoms with Gasteiger partial charge in [0.05, 0.1) is 5.92 Å². The van der Waals surface area contributed by atoms with Crippen molar-refractivity contribution in [3.05, 3.63) is 39.3 Å². The van der Waals surface area contributed by atoms with E-state index in [0.717, 1.165) is 24.2 Å². The van der Waals surface area contributed by atoms with E-state index in [0.29, 0.717) is 23.8 Å². The number of rotatable bonds is 5. The van der Waals surface area contributed by atoms with Crippen molar-refractivity contribution in [2.24, 2.45) is 5.92 Å². The molecule has 1 aromatic heterocycles. The molecule has 1 aliphatic heterocycles. The van der Waals surface area contributed by atoms with Crippen LogP contribution >= 0.6 is 22.9 Å². The number of nitrogens with zero attached hydrogens (tertiary/aromatic N) is 3. The number of likely N-dealkylation sites (tertiary alicyclic amines) is 1. The first kappa shape index (κ1) is 21.2. The number of nitrogens with one attached hydrogen (secondary N) is 2. The van der Waals surface area contributed by atoms with Crippen LogP contribution in [0.4, 0.5) is 5.69 Å². The Morgan fingerprint density at radius 3 is 2.55 bits per heavy atom. The zero-order valence-electron chi connectivity index (χ0n) is 16.1. The third-order valence-corrected chi connectivity index (χ3v) is 5.58. The summed E-state index contributed by atoms with van der Waals surface area (Å²) in [6.45, 7) is 4.70. The van der Waals surface area contributed by atoms with E-state index in [1.807, 2.05) is 13.8 Å². The maximum Gasteiger partial charge on any atom is 0.286 e. The van der Waals surface area contributed by atoms with Gasteiger partial charge in [-0.3, -0.25) is 14.4 Å². The average molecular weight is 436 g/mol. The third kappa shape index (κ3) is 5.51. The molecule has 0 saturated carbocycles. The molecular weight excluding hydrogens is 414 g/mol. The summed E-state index contributed by atoms with van der Waals surface area (Å²) < 4.78 is 0. The van der Waals surface area contributed by atoms with Crippen molar-refractivity contribution in [2.45, 2.75) is 32.7 Å². The lowest BCUT2D eigenvalue weighted by molar-refractivity contribution is -0.126. The van der Waals surface area contributed by atoms with Crippen LogP contribution in [0, 0.1) is 5.92 Å². The molecule has 0 unspecified atom stereocenters. The number of aromatic nitrogens is 2. The van der Waals surface area contributed by atoms with Crippen molar-refractivity contribution in [1.29, 1.82) is 0 Å². The third-order valence-electron chi connectivity index (χ3n) is 4.41. The predicted molar refractivity (Wildman–Crippen MR) is 111 cm³/mol. The lowest BCUT2D eigenvalue weighted by Gasteiger charge is -2.31. The first-order chi connectivity index (χ1) is 13.8. The fourth-order valence-electron chi connectivity index (χ4n) is 3.03. The molecule has 2 heterocycles. The number of halogens is 1. The van der Waals surface area contributed by atoms with E-state index in [2.05, 4.69) is 20.8 Å². The summed E-state index contributed by atoms with van der Waals surface area (Å²) in [5.41, 5.74) is 0.567. The predicted octanol–water partition coefficient (Wildman–Crippen LogP) is 2.82. The topological polar surface area (TPSA) is 104 Å². The van der Waals surface area contributed by atoms with E-state index in [1.54, 1.807) is 29.2 Å². The number of benzene rings is 1. The van der Waals surface area contributed by atoms with Gasteiger partial charge < -0.3 is 15.5 Å². The summed E-state index contributed by atoms with van der Waals surface area (Å²) in [5, 5.41) is 14.1. The second-order valence-corrected chi connectivity index (χ2v) is 8.54. The fraction of sp³-hybridized carbons (Fsp3) is 0.421. The summed E-state index contributed by atoms with van der Waals surface area (Å²) in [7, 11) is 0. The molecule has 2 aromatic rings. The highest BCUT2D eigenvalue weighted by atomic mass is 35.5. The molecule has 0 bridgehead atoms. The Bertz CT molecular complexity index is 900. The fourth-order valence-corrected chi connectivity index (χ4v) is 3.87. The molecule has 0 aliphatic carbocycles.